The topological polar surface area (TPSA) is 49.0 Å². The van der Waals surface area contributed by atoms with Crippen molar-refractivity contribution in [3.05, 3.63) is 63.3 Å². The molecule has 2 aliphatic heterocycles. The number of aromatic nitrogens is 2. The van der Waals surface area contributed by atoms with E-state index in [1.807, 2.05) is 29.6 Å². The zero-order valence-electron chi connectivity index (χ0n) is 14.4. The molecular weight excluding hydrogens is 350 g/mol. The van der Waals surface area contributed by atoms with E-state index in [4.69, 9.17) is 4.98 Å². The number of H-pyrrole nitrogens is 1. The van der Waals surface area contributed by atoms with Crippen LogP contribution in [0.4, 0.5) is 0 Å². The number of hydrogen-bond acceptors (Lipinski definition) is 5. The van der Waals surface area contributed by atoms with E-state index >= 15 is 0 Å². The van der Waals surface area contributed by atoms with E-state index in [0.717, 1.165) is 42.3 Å². The van der Waals surface area contributed by atoms with Crippen LogP contribution in [-0.4, -0.2) is 38.2 Å². The fraction of sp³-hybridized carbons (Fsp3) is 0.474. The van der Waals surface area contributed by atoms with Gasteiger partial charge < -0.3 is 4.98 Å². The monoisotopic (exact) mass is 373 g/mol. The largest absolute Gasteiger partial charge is 0.309 e. The minimum absolute atomic E-state index is 0.0566. The van der Waals surface area contributed by atoms with Crippen LogP contribution in [0, 0.1) is 0 Å². The number of fused-ring (bicyclic) bond motifs is 1. The Morgan fingerprint density at radius 3 is 2.84 bits per heavy atom. The van der Waals surface area contributed by atoms with Gasteiger partial charge in [-0.1, -0.05) is 37.3 Å². The van der Waals surface area contributed by atoms with Crippen LogP contribution in [-0.2, 0) is 19.5 Å². The molecule has 2 aliphatic rings. The predicted octanol–water partition coefficient (Wildman–Crippen LogP) is 3.24. The van der Waals surface area contributed by atoms with Gasteiger partial charge in [0.15, 0.2) is 0 Å². The highest BCUT2D eigenvalue weighted by Crippen LogP contribution is 2.40. The van der Waals surface area contributed by atoms with Gasteiger partial charge in [-0.25, -0.2) is 4.98 Å². The van der Waals surface area contributed by atoms with Crippen molar-refractivity contribution >= 4 is 23.5 Å². The minimum Gasteiger partial charge on any atom is -0.309 e. The van der Waals surface area contributed by atoms with Crippen LogP contribution in [0.25, 0.3) is 0 Å². The summed E-state index contributed by atoms with van der Waals surface area (Å²) in [4.78, 5) is 23.0. The van der Waals surface area contributed by atoms with Gasteiger partial charge in [0.2, 0.25) is 0 Å². The Hall–Kier alpha value is -1.24. The van der Waals surface area contributed by atoms with Crippen LogP contribution < -0.4 is 5.56 Å². The second-order valence-corrected chi connectivity index (χ2v) is 9.42. The van der Waals surface area contributed by atoms with E-state index in [2.05, 4.69) is 41.1 Å². The molecule has 1 fully saturated rings. The number of benzene rings is 1. The summed E-state index contributed by atoms with van der Waals surface area (Å²) in [5.41, 5.74) is 3.20. The van der Waals surface area contributed by atoms with Gasteiger partial charge >= 0.3 is 0 Å². The molecule has 132 valence electrons. The lowest BCUT2D eigenvalue weighted by atomic mass is 10.1. The SMILES string of the molecule is CC1SCCSC1c1nc2c(c(=O)[nH]1)CN(Cc1ccccc1)CC2. The maximum absolute atomic E-state index is 12.7. The van der Waals surface area contributed by atoms with Crippen molar-refractivity contribution in [3.8, 4) is 0 Å². The van der Waals surface area contributed by atoms with Gasteiger partial charge in [-0.3, -0.25) is 9.69 Å². The fourth-order valence-corrected chi connectivity index (χ4v) is 6.26. The van der Waals surface area contributed by atoms with Gasteiger partial charge in [0.25, 0.3) is 5.56 Å². The Morgan fingerprint density at radius 2 is 2.04 bits per heavy atom. The van der Waals surface area contributed by atoms with Crippen molar-refractivity contribution in [2.75, 3.05) is 18.1 Å². The summed E-state index contributed by atoms with van der Waals surface area (Å²) in [6.07, 6.45) is 0.859. The molecule has 0 saturated carbocycles. The van der Waals surface area contributed by atoms with Gasteiger partial charge in [0, 0.05) is 42.8 Å². The Labute approximate surface area is 156 Å². The van der Waals surface area contributed by atoms with Crippen molar-refractivity contribution in [1.82, 2.24) is 14.9 Å². The van der Waals surface area contributed by atoms with Crippen LogP contribution in [0.1, 0.15) is 34.8 Å². The third-order valence-electron chi connectivity index (χ3n) is 4.87. The Morgan fingerprint density at radius 1 is 1.24 bits per heavy atom. The summed E-state index contributed by atoms with van der Waals surface area (Å²) >= 11 is 3.90. The van der Waals surface area contributed by atoms with Gasteiger partial charge in [0.1, 0.15) is 5.82 Å². The minimum atomic E-state index is 0.0566. The molecule has 3 heterocycles. The lowest BCUT2D eigenvalue weighted by Gasteiger charge is -2.30. The third-order valence-corrected chi connectivity index (χ3v) is 7.97. The predicted molar refractivity (Wildman–Crippen MR) is 106 cm³/mol. The van der Waals surface area contributed by atoms with Crippen molar-refractivity contribution in [2.24, 2.45) is 0 Å². The molecular formula is C19H23N3OS2. The van der Waals surface area contributed by atoms with E-state index in [-0.39, 0.29) is 5.56 Å². The number of hydrogen-bond donors (Lipinski definition) is 1. The van der Waals surface area contributed by atoms with Crippen LogP contribution in [0.5, 0.6) is 0 Å². The van der Waals surface area contributed by atoms with Crippen molar-refractivity contribution in [2.45, 2.75) is 36.9 Å². The molecule has 25 heavy (non-hydrogen) atoms. The van der Waals surface area contributed by atoms with E-state index in [1.54, 1.807) is 0 Å². The van der Waals surface area contributed by atoms with Crippen molar-refractivity contribution in [3.63, 3.8) is 0 Å². The number of rotatable bonds is 3. The summed E-state index contributed by atoms with van der Waals surface area (Å²) in [6, 6.07) is 10.4. The van der Waals surface area contributed by atoms with Crippen LogP contribution >= 0.6 is 23.5 Å². The molecule has 4 nitrogen and oxygen atoms in total. The third kappa shape index (κ3) is 3.81. The summed E-state index contributed by atoms with van der Waals surface area (Å²) in [5, 5.41) is 0.803. The Kier molecular flexibility index (Phi) is 5.20. The maximum atomic E-state index is 12.7. The first-order valence-electron chi connectivity index (χ1n) is 8.82. The number of nitrogens with one attached hydrogen (secondary N) is 1. The zero-order chi connectivity index (χ0) is 17.2. The average molecular weight is 374 g/mol. The Balaban J connectivity index is 1.54. The summed E-state index contributed by atoms with van der Waals surface area (Å²) in [5.74, 6) is 3.20. The molecule has 0 amide bonds. The summed E-state index contributed by atoms with van der Waals surface area (Å²) in [7, 11) is 0. The quantitative estimate of drug-likeness (QED) is 0.895. The maximum Gasteiger partial charge on any atom is 0.255 e. The van der Waals surface area contributed by atoms with E-state index < -0.39 is 0 Å². The first-order chi connectivity index (χ1) is 12.2. The molecule has 4 rings (SSSR count). The molecule has 0 bridgehead atoms. The molecule has 0 aliphatic carbocycles. The fourth-order valence-electron chi connectivity index (χ4n) is 3.54. The second kappa shape index (κ2) is 7.56. The molecule has 1 aromatic heterocycles. The number of nitrogens with zero attached hydrogens (tertiary/aromatic N) is 2. The van der Waals surface area contributed by atoms with Gasteiger partial charge in [-0.2, -0.15) is 11.8 Å². The van der Waals surface area contributed by atoms with E-state index in [9.17, 15) is 4.79 Å². The summed E-state index contributed by atoms with van der Waals surface area (Å²) in [6.45, 7) is 4.77. The highest BCUT2D eigenvalue weighted by molar-refractivity contribution is 8.06. The van der Waals surface area contributed by atoms with E-state index in [1.165, 1.54) is 11.3 Å². The molecule has 1 saturated heterocycles. The second-order valence-electron chi connectivity index (χ2n) is 6.69. The van der Waals surface area contributed by atoms with Gasteiger partial charge in [0.05, 0.1) is 16.5 Å². The number of thioether (sulfide) groups is 2. The van der Waals surface area contributed by atoms with E-state index in [0.29, 0.717) is 17.0 Å². The van der Waals surface area contributed by atoms with Crippen LogP contribution in [0.2, 0.25) is 0 Å². The van der Waals surface area contributed by atoms with Crippen molar-refractivity contribution in [1.29, 1.82) is 0 Å². The summed E-state index contributed by atoms with van der Waals surface area (Å²) < 4.78 is 0. The first-order valence-corrected chi connectivity index (χ1v) is 10.9. The first kappa shape index (κ1) is 17.2. The van der Waals surface area contributed by atoms with Crippen LogP contribution in [0.15, 0.2) is 35.1 Å². The molecule has 2 aromatic rings. The molecule has 2 unspecified atom stereocenters. The van der Waals surface area contributed by atoms with Crippen LogP contribution in [0.3, 0.4) is 0 Å². The molecule has 1 N–H and O–H groups in total. The average Bonchev–Trinajstić information content (AvgIpc) is 2.63. The van der Waals surface area contributed by atoms with Crippen molar-refractivity contribution < 1.29 is 0 Å². The highest BCUT2D eigenvalue weighted by atomic mass is 32.2. The molecule has 6 heteroatoms. The zero-order valence-corrected chi connectivity index (χ0v) is 16.0. The standard InChI is InChI=1S/C19H23N3OS2/c1-13-17(25-10-9-24-13)18-20-16-7-8-22(12-15(16)19(23)21-18)11-14-5-3-2-4-6-14/h2-6,13,17H,7-12H2,1H3,(H,20,21,23). The highest BCUT2D eigenvalue weighted by Gasteiger charge is 2.28. The normalized spacial score (nSPS) is 24.0. The lowest BCUT2D eigenvalue weighted by molar-refractivity contribution is 0.241. The molecule has 2 atom stereocenters. The smallest absolute Gasteiger partial charge is 0.255 e. The molecule has 1 aromatic carbocycles. The number of aromatic amines is 1. The Bertz CT molecular complexity index is 793. The van der Waals surface area contributed by atoms with Gasteiger partial charge in [-0.15, -0.1) is 11.8 Å². The molecule has 0 spiro atoms. The molecule has 0 radical (unpaired) electrons. The van der Waals surface area contributed by atoms with Gasteiger partial charge in [-0.05, 0) is 5.56 Å². The lowest BCUT2D eigenvalue weighted by Crippen LogP contribution is -2.36.